The number of nitrogens with one attached hydrogen (secondary N) is 2. The Bertz CT molecular complexity index is 1050. The quantitative estimate of drug-likeness (QED) is 0.467. The van der Waals surface area contributed by atoms with E-state index in [-0.39, 0.29) is 12.3 Å². The molecule has 3 aromatic rings. The summed E-state index contributed by atoms with van der Waals surface area (Å²) < 4.78 is 0. The van der Waals surface area contributed by atoms with Crippen LogP contribution in [0, 0.1) is 5.92 Å². The summed E-state index contributed by atoms with van der Waals surface area (Å²) in [6.45, 7) is -0.0697. The third-order valence-corrected chi connectivity index (χ3v) is 4.99. The summed E-state index contributed by atoms with van der Waals surface area (Å²) >= 11 is 0. The van der Waals surface area contributed by atoms with Crippen molar-refractivity contribution in [1.29, 1.82) is 0 Å². The first-order valence-corrected chi connectivity index (χ1v) is 10.2. The second-order valence-corrected chi connectivity index (χ2v) is 7.28. The van der Waals surface area contributed by atoms with Gasteiger partial charge in [0.2, 0.25) is 11.8 Å². The van der Waals surface area contributed by atoms with Gasteiger partial charge in [-0.15, -0.1) is 0 Å². The number of nitrogens with zero attached hydrogens (tertiary/aromatic N) is 1. The maximum Gasteiger partial charge on any atom is 0.322 e. The summed E-state index contributed by atoms with van der Waals surface area (Å²) in [7, 11) is 0. The molecule has 2 aromatic carbocycles. The monoisotopic (exact) mass is 419 g/mol. The van der Waals surface area contributed by atoms with E-state index in [2.05, 4.69) is 15.6 Å². The van der Waals surface area contributed by atoms with Crippen LogP contribution in [0.15, 0.2) is 66.9 Å². The number of carbonyl (C=O) groups is 3. The van der Waals surface area contributed by atoms with Gasteiger partial charge in [0.25, 0.3) is 0 Å². The van der Waals surface area contributed by atoms with Crippen LogP contribution in [-0.2, 0) is 27.2 Å². The lowest BCUT2D eigenvalue weighted by molar-refractivity contribution is -0.138. The molecule has 7 heteroatoms. The van der Waals surface area contributed by atoms with Crippen LogP contribution in [0.1, 0.15) is 17.7 Å². The summed E-state index contributed by atoms with van der Waals surface area (Å²) in [5.74, 6) is -2.51. The van der Waals surface area contributed by atoms with E-state index in [0.29, 0.717) is 19.4 Å². The Balaban J connectivity index is 1.67. The van der Waals surface area contributed by atoms with Crippen molar-refractivity contribution in [2.45, 2.75) is 19.3 Å². The van der Waals surface area contributed by atoms with Gasteiger partial charge in [-0.05, 0) is 34.9 Å². The van der Waals surface area contributed by atoms with Gasteiger partial charge in [0, 0.05) is 31.3 Å². The number of hydrogen-bond donors (Lipinski definition) is 3. The average molecular weight is 419 g/mol. The maximum atomic E-state index is 12.7. The fraction of sp³-hybridized carbons (Fsp3) is 0.250. The molecular weight excluding hydrogens is 394 g/mol. The first-order chi connectivity index (χ1) is 15.0. The highest BCUT2D eigenvalue weighted by Gasteiger charge is 2.23. The molecule has 160 valence electrons. The predicted octanol–water partition coefficient (Wildman–Crippen LogP) is 2.34. The molecule has 7 nitrogen and oxygen atoms in total. The Hall–Kier alpha value is -3.74. The molecule has 0 saturated heterocycles. The summed E-state index contributed by atoms with van der Waals surface area (Å²) in [5, 5.41) is 16.2. The van der Waals surface area contributed by atoms with Crippen molar-refractivity contribution in [2.75, 3.05) is 13.1 Å². The van der Waals surface area contributed by atoms with Gasteiger partial charge in [-0.25, -0.2) is 0 Å². The van der Waals surface area contributed by atoms with E-state index in [1.165, 1.54) is 0 Å². The van der Waals surface area contributed by atoms with E-state index < -0.39 is 24.3 Å². The van der Waals surface area contributed by atoms with Crippen LogP contribution in [0.2, 0.25) is 0 Å². The van der Waals surface area contributed by atoms with Crippen molar-refractivity contribution in [3.63, 3.8) is 0 Å². The Morgan fingerprint density at radius 1 is 0.935 bits per heavy atom. The molecule has 0 fully saturated rings. The topological polar surface area (TPSA) is 108 Å². The SMILES string of the molecule is O=C(O)CNC(=O)C(CC(=O)NCCc1ccccn1)Cc1cccc2ccccc12. The number of fused-ring (bicyclic) bond motifs is 1. The highest BCUT2D eigenvalue weighted by molar-refractivity contribution is 5.90. The molecule has 1 atom stereocenters. The maximum absolute atomic E-state index is 12.7. The van der Waals surface area contributed by atoms with E-state index in [1.807, 2.05) is 60.7 Å². The Kier molecular flexibility index (Phi) is 7.70. The molecular formula is C24H25N3O4. The zero-order valence-corrected chi connectivity index (χ0v) is 17.1. The average Bonchev–Trinajstić information content (AvgIpc) is 2.78. The molecule has 0 saturated carbocycles. The molecule has 1 heterocycles. The van der Waals surface area contributed by atoms with Gasteiger partial charge in [-0.1, -0.05) is 48.5 Å². The molecule has 0 radical (unpaired) electrons. The lowest BCUT2D eigenvalue weighted by Gasteiger charge is -2.17. The van der Waals surface area contributed by atoms with Crippen LogP contribution >= 0.6 is 0 Å². The third kappa shape index (κ3) is 6.64. The molecule has 1 aromatic heterocycles. The van der Waals surface area contributed by atoms with Gasteiger partial charge in [0.1, 0.15) is 6.54 Å². The zero-order chi connectivity index (χ0) is 22.1. The van der Waals surface area contributed by atoms with Crippen molar-refractivity contribution >= 4 is 28.6 Å². The van der Waals surface area contributed by atoms with Crippen LogP contribution in [0.25, 0.3) is 10.8 Å². The number of aromatic nitrogens is 1. The van der Waals surface area contributed by atoms with Crippen molar-refractivity contribution in [2.24, 2.45) is 5.92 Å². The summed E-state index contributed by atoms with van der Waals surface area (Å²) in [6.07, 6.45) is 2.59. The minimum atomic E-state index is -1.13. The molecule has 0 aliphatic rings. The van der Waals surface area contributed by atoms with Crippen molar-refractivity contribution in [1.82, 2.24) is 15.6 Å². The molecule has 31 heavy (non-hydrogen) atoms. The molecule has 0 aliphatic heterocycles. The standard InChI is InChI=1S/C24H25N3O4/c28-22(26-13-11-20-9-3-4-12-25-20)15-19(24(31)27-16-23(29)30)14-18-8-5-7-17-6-1-2-10-21(17)18/h1-10,12,19H,11,13-16H2,(H,26,28)(H,27,31)(H,29,30). The molecule has 0 spiro atoms. The minimum absolute atomic E-state index is 0.0309. The van der Waals surface area contributed by atoms with Crippen LogP contribution in [0.3, 0.4) is 0 Å². The van der Waals surface area contributed by atoms with E-state index in [0.717, 1.165) is 22.0 Å². The number of rotatable bonds is 10. The van der Waals surface area contributed by atoms with Crippen molar-refractivity contribution in [3.8, 4) is 0 Å². The molecule has 0 bridgehead atoms. The highest BCUT2D eigenvalue weighted by atomic mass is 16.4. The van der Waals surface area contributed by atoms with E-state index in [9.17, 15) is 14.4 Å². The number of aliphatic carboxylic acids is 1. The van der Waals surface area contributed by atoms with Crippen molar-refractivity contribution in [3.05, 3.63) is 78.1 Å². The molecule has 0 aliphatic carbocycles. The second kappa shape index (κ2) is 10.9. The van der Waals surface area contributed by atoms with E-state index in [4.69, 9.17) is 5.11 Å². The smallest absolute Gasteiger partial charge is 0.322 e. The van der Waals surface area contributed by atoms with Crippen LogP contribution < -0.4 is 10.6 Å². The van der Waals surface area contributed by atoms with Gasteiger partial charge in [-0.3, -0.25) is 19.4 Å². The predicted molar refractivity (Wildman–Crippen MR) is 117 cm³/mol. The number of hydrogen-bond acceptors (Lipinski definition) is 4. The van der Waals surface area contributed by atoms with E-state index in [1.54, 1.807) is 6.20 Å². The Morgan fingerprint density at radius 3 is 2.48 bits per heavy atom. The van der Waals surface area contributed by atoms with Gasteiger partial charge in [0.15, 0.2) is 0 Å². The van der Waals surface area contributed by atoms with Gasteiger partial charge < -0.3 is 15.7 Å². The Labute approximate surface area is 180 Å². The third-order valence-electron chi connectivity index (χ3n) is 4.99. The van der Waals surface area contributed by atoms with Crippen LogP contribution in [-0.4, -0.2) is 41.0 Å². The van der Waals surface area contributed by atoms with E-state index >= 15 is 0 Å². The zero-order valence-electron chi connectivity index (χ0n) is 17.1. The fourth-order valence-corrected chi connectivity index (χ4v) is 3.47. The van der Waals surface area contributed by atoms with Crippen LogP contribution in [0.4, 0.5) is 0 Å². The lowest BCUT2D eigenvalue weighted by atomic mass is 9.91. The first-order valence-electron chi connectivity index (χ1n) is 10.2. The number of benzene rings is 2. The number of carbonyl (C=O) groups excluding carboxylic acids is 2. The van der Waals surface area contributed by atoms with Gasteiger partial charge >= 0.3 is 5.97 Å². The Morgan fingerprint density at radius 2 is 1.71 bits per heavy atom. The molecule has 2 amide bonds. The minimum Gasteiger partial charge on any atom is -0.480 e. The number of pyridine rings is 1. The van der Waals surface area contributed by atoms with Gasteiger partial charge in [-0.2, -0.15) is 0 Å². The number of carboxylic acids is 1. The normalized spacial score (nSPS) is 11.6. The number of amides is 2. The summed E-state index contributed by atoms with van der Waals surface area (Å²) in [4.78, 5) is 40.2. The molecule has 3 rings (SSSR count). The molecule has 1 unspecified atom stereocenters. The second-order valence-electron chi connectivity index (χ2n) is 7.28. The summed E-state index contributed by atoms with van der Waals surface area (Å²) in [5.41, 5.74) is 1.81. The van der Waals surface area contributed by atoms with Gasteiger partial charge in [0.05, 0.1) is 5.92 Å². The fourth-order valence-electron chi connectivity index (χ4n) is 3.47. The first kappa shape index (κ1) is 22.0. The van der Waals surface area contributed by atoms with Crippen LogP contribution in [0.5, 0.6) is 0 Å². The molecule has 3 N–H and O–H groups in total. The summed E-state index contributed by atoms with van der Waals surface area (Å²) in [6, 6.07) is 19.3. The highest BCUT2D eigenvalue weighted by Crippen LogP contribution is 2.22. The van der Waals surface area contributed by atoms with Crippen molar-refractivity contribution < 1.29 is 19.5 Å². The number of carboxylic acid groups (broad SMARTS) is 1. The lowest BCUT2D eigenvalue weighted by Crippen LogP contribution is -2.38. The largest absolute Gasteiger partial charge is 0.480 e.